The van der Waals surface area contributed by atoms with E-state index in [1.165, 1.54) is 18.3 Å². The zero-order valence-corrected chi connectivity index (χ0v) is 18.6. The Labute approximate surface area is 199 Å². The summed E-state index contributed by atoms with van der Waals surface area (Å²) in [6, 6.07) is 9.64. The van der Waals surface area contributed by atoms with Crippen molar-refractivity contribution >= 4 is 58.7 Å². The molecule has 3 aromatic rings. The number of hydrogen-bond donors (Lipinski definition) is 3. The van der Waals surface area contributed by atoms with Gasteiger partial charge in [0, 0.05) is 16.3 Å². The Morgan fingerprint density at radius 1 is 1.21 bits per heavy atom. The SMILES string of the molecule is Nn1c(N/N=C/c2ccc(Cl)cc2Cl)nnc1SCC(=O)Nc1ccc(OC(F)(F)F)cc1. The van der Waals surface area contributed by atoms with Crippen molar-refractivity contribution in [3.63, 3.8) is 0 Å². The maximum atomic E-state index is 12.2. The number of anilines is 2. The van der Waals surface area contributed by atoms with E-state index in [1.807, 2.05) is 0 Å². The van der Waals surface area contributed by atoms with Gasteiger partial charge in [0.2, 0.25) is 11.1 Å². The van der Waals surface area contributed by atoms with Gasteiger partial charge in [0.1, 0.15) is 5.75 Å². The van der Waals surface area contributed by atoms with Crippen LogP contribution >= 0.6 is 35.0 Å². The zero-order valence-electron chi connectivity index (χ0n) is 16.3. The molecule has 0 radical (unpaired) electrons. The summed E-state index contributed by atoms with van der Waals surface area (Å²) < 4.78 is 41.4. The summed E-state index contributed by atoms with van der Waals surface area (Å²) in [6.07, 6.45) is -3.35. The number of hydrazone groups is 1. The largest absolute Gasteiger partial charge is 0.573 e. The Morgan fingerprint density at radius 2 is 1.94 bits per heavy atom. The summed E-state index contributed by atoms with van der Waals surface area (Å²) >= 11 is 12.9. The van der Waals surface area contributed by atoms with E-state index in [1.54, 1.807) is 18.2 Å². The number of thioether (sulfide) groups is 1. The molecule has 3 rings (SSSR count). The van der Waals surface area contributed by atoms with Gasteiger partial charge < -0.3 is 15.9 Å². The number of nitrogens with two attached hydrogens (primary N) is 1. The van der Waals surface area contributed by atoms with E-state index >= 15 is 0 Å². The van der Waals surface area contributed by atoms with Crippen molar-refractivity contribution in [3.8, 4) is 5.75 Å². The third-order valence-corrected chi connectivity index (χ3v) is 5.20. The van der Waals surface area contributed by atoms with Gasteiger partial charge in [0.25, 0.3) is 5.95 Å². The zero-order chi connectivity index (χ0) is 24.0. The molecule has 9 nitrogen and oxygen atoms in total. The first-order valence-corrected chi connectivity index (χ1v) is 10.6. The highest BCUT2D eigenvalue weighted by Gasteiger charge is 2.30. The number of ether oxygens (including phenoxy) is 1. The van der Waals surface area contributed by atoms with Crippen LogP contribution in [-0.4, -0.2) is 39.1 Å². The van der Waals surface area contributed by atoms with Gasteiger partial charge in [-0.05, 0) is 36.4 Å². The second-order valence-corrected chi connectivity index (χ2v) is 7.91. The first kappa shape index (κ1) is 24.5. The van der Waals surface area contributed by atoms with Gasteiger partial charge in [-0.2, -0.15) is 5.10 Å². The Bertz CT molecular complexity index is 1160. The molecule has 1 heterocycles. The monoisotopic (exact) mass is 519 g/mol. The first-order valence-electron chi connectivity index (χ1n) is 8.84. The van der Waals surface area contributed by atoms with Crippen LogP contribution in [0.2, 0.25) is 10.0 Å². The van der Waals surface area contributed by atoms with Gasteiger partial charge in [0.15, 0.2) is 0 Å². The molecule has 33 heavy (non-hydrogen) atoms. The van der Waals surface area contributed by atoms with Gasteiger partial charge in [-0.1, -0.05) is 41.0 Å². The summed E-state index contributed by atoms with van der Waals surface area (Å²) in [7, 11) is 0. The van der Waals surface area contributed by atoms with Crippen LogP contribution in [0.3, 0.4) is 0 Å². The molecule has 0 saturated carbocycles. The van der Waals surface area contributed by atoms with Crippen LogP contribution in [0, 0.1) is 0 Å². The van der Waals surface area contributed by atoms with Crippen molar-refractivity contribution < 1.29 is 22.7 Å². The highest BCUT2D eigenvalue weighted by Crippen LogP contribution is 2.24. The molecule has 1 amide bonds. The van der Waals surface area contributed by atoms with Gasteiger partial charge in [-0.15, -0.1) is 23.4 Å². The lowest BCUT2D eigenvalue weighted by molar-refractivity contribution is -0.274. The molecule has 0 aliphatic rings. The Morgan fingerprint density at radius 3 is 2.61 bits per heavy atom. The van der Waals surface area contributed by atoms with Crippen LogP contribution in [0.4, 0.5) is 24.8 Å². The fourth-order valence-corrected chi connectivity index (χ4v) is 3.40. The third kappa shape index (κ3) is 7.44. The lowest BCUT2D eigenvalue weighted by Gasteiger charge is -2.09. The van der Waals surface area contributed by atoms with Crippen molar-refractivity contribution in [1.82, 2.24) is 14.9 Å². The van der Waals surface area contributed by atoms with Crippen LogP contribution in [-0.2, 0) is 4.79 Å². The lowest BCUT2D eigenvalue weighted by atomic mass is 10.2. The van der Waals surface area contributed by atoms with Gasteiger partial charge in [-0.25, -0.2) is 10.1 Å². The second kappa shape index (κ2) is 10.6. The number of aromatic nitrogens is 3. The minimum absolute atomic E-state index is 0.0835. The van der Waals surface area contributed by atoms with Crippen LogP contribution in [0.1, 0.15) is 5.56 Å². The van der Waals surface area contributed by atoms with Gasteiger partial charge in [-0.3, -0.25) is 4.79 Å². The molecule has 0 aliphatic carbocycles. The average Bonchev–Trinajstić information content (AvgIpc) is 3.08. The Kier molecular flexibility index (Phi) is 7.89. The average molecular weight is 520 g/mol. The normalized spacial score (nSPS) is 11.5. The van der Waals surface area contributed by atoms with Crippen molar-refractivity contribution in [3.05, 3.63) is 58.1 Å². The summed E-state index contributed by atoms with van der Waals surface area (Å²) in [5.74, 6) is 5.09. The number of amides is 1. The van der Waals surface area contributed by atoms with E-state index in [9.17, 15) is 18.0 Å². The highest BCUT2D eigenvalue weighted by atomic mass is 35.5. The standard InChI is InChI=1S/C18H14Cl2F3N7O2S/c19-11-2-1-10(14(20)7-11)8-25-27-16-28-29-17(30(16)24)33-9-15(31)26-12-3-5-13(6-4-12)32-18(21,22)23/h1-8H,9,24H2,(H,26,31)(H,27,28)/b25-8+. The number of carbonyl (C=O) groups is 1. The molecule has 15 heteroatoms. The fraction of sp³-hybridized carbons (Fsp3) is 0.111. The summed E-state index contributed by atoms with van der Waals surface area (Å²) in [4.78, 5) is 12.1. The number of nitrogens with zero attached hydrogens (tertiary/aromatic N) is 4. The highest BCUT2D eigenvalue weighted by molar-refractivity contribution is 7.99. The van der Waals surface area contributed by atoms with Crippen LogP contribution < -0.4 is 21.3 Å². The Balaban J connectivity index is 1.50. The van der Waals surface area contributed by atoms with Crippen molar-refractivity contribution in [2.75, 3.05) is 22.3 Å². The maximum absolute atomic E-state index is 12.2. The minimum atomic E-state index is -4.79. The van der Waals surface area contributed by atoms with Crippen molar-refractivity contribution in [2.24, 2.45) is 5.10 Å². The summed E-state index contributed by atoms with van der Waals surface area (Å²) in [5, 5.41) is 15.3. The fourth-order valence-electron chi connectivity index (χ4n) is 2.28. The van der Waals surface area contributed by atoms with Crippen molar-refractivity contribution in [2.45, 2.75) is 11.5 Å². The number of rotatable bonds is 8. The molecule has 174 valence electrons. The van der Waals surface area contributed by atoms with E-state index in [0.29, 0.717) is 21.3 Å². The lowest BCUT2D eigenvalue weighted by Crippen LogP contribution is -2.18. The molecule has 0 atom stereocenters. The molecule has 4 N–H and O–H groups in total. The minimum Gasteiger partial charge on any atom is -0.406 e. The molecule has 0 bridgehead atoms. The first-order chi connectivity index (χ1) is 15.6. The maximum Gasteiger partial charge on any atom is 0.573 e. The van der Waals surface area contributed by atoms with E-state index in [0.717, 1.165) is 28.6 Å². The summed E-state index contributed by atoms with van der Waals surface area (Å²) in [5.41, 5.74) is 3.51. The van der Waals surface area contributed by atoms with Crippen LogP contribution in [0.15, 0.2) is 52.7 Å². The predicted octanol–water partition coefficient (Wildman–Crippen LogP) is 4.37. The van der Waals surface area contributed by atoms with E-state index in [-0.39, 0.29) is 16.9 Å². The quantitative estimate of drug-likeness (QED) is 0.175. The molecule has 0 fully saturated rings. The predicted molar refractivity (Wildman–Crippen MR) is 120 cm³/mol. The molecular weight excluding hydrogens is 506 g/mol. The molecule has 0 aliphatic heterocycles. The van der Waals surface area contributed by atoms with Gasteiger partial charge >= 0.3 is 6.36 Å². The number of benzene rings is 2. The van der Waals surface area contributed by atoms with E-state index < -0.39 is 18.0 Å². The van der Waals surface area contributed by atoms with Crippen LogP contribution in [0.5, 0.6) is 5.75 Å². The molecular formula is C18H14Cl2F3N7O2S. The second-order valence-electron chi connectivity index (χ2n) is 6.12. The summed E-state index contributed by atoms with van der Waals surface area (Å²) in [6.45, 7) is 0. The molecule has 0 saturated heterocycles. The number of alkyl halides is 3. The number of halogens is 5. The molecule has 0 unspecified atom stereocenters. The van der Waals surface area contributed by atoms with Gasteiger partial charge in [0.05, 0.1) is 17.0 Å². The number of carbonyl (C=O) groups excluding carboxylic acids is 1. The third-order valence-electron chi connectivity index (χ3n) is 3.70. The molecule has 2 aromatic carbocycles. The molecule has 0 spiro atoms. The number of nitrogens with one attached hydrogen (secondary N) is 2. The van der Waals surface area contributed by atoms with E-state index in [4.69, 9.17) is 29.0 Å². The number of hydrogen-bond acceptors (Lipinski definition) is 8. The smallest absolute Gasteiger partial charge is 0.406 e. The van der Waals surface area contributed by atoms with E-state index in [2.05, 4.69) is 30.8 Å². The molecule has 1 aromatic heterocycles. The van der Waals surface area contributed by atoms with Crippen LogP contribution in [0.25, 0.3) is 0 Å². The number of nitrogen functional groups attached to an aromatic ring is 1. The topological polar surface area (TPSA) is 119 Å². The Hall–Kier alpha value is -3.16. The van der Waals surface area contributed by atoms with Crippen molar-refractivity contribution in [1.29, 1.82) is 0 Å².